The molecule has 1 unspecified atom stereocenters. The third kappa shape index (κ3) is 3.96. The number of Topliss-reactive ketones (excluding diaryl/α,β-unsaturated/α-hetero) is 1. The Kier molecular flexibility index (Phi) is 5.59. The molecule has 21 heavy (non-hydrogen) atoms. The summed E-state index contributed by atoms with van der Waals surface area (Å²) in [4.78, 5) is 23.0. The van der Waals surface area contributed by atoms with Crippen molar-refractivity contribution in [3.8, 4) is 0 Å². The molecule has 0 spiro atoms. The predicted octanol–water partition coefficient (Wildman–Crippen LogP) is 3.67. The number of esters is 1. The number of hydrogen-bond donors (Lipinski definition) is 0. The van der Waals surface area contributed by atoms with Crippen LogP contribution in [0.4, 0.5) is 0 Å². The molecule has 116 valence electrons. The second kappa shape index (κ2) is 7.43. The maximum absolute atomic E-state index is 12.1. The minimum atomic E-state index is -0.149. The number of hydrogen-bond acceptors (Lipinski definition) is 4. The first kappa shape index (κ1) is 15.8. The smallest absolute Gasteiger partial charge is 0.305 e. The first-order chi connectivity index (χ1) is 10.2. The lowest BCUT2D eigenvalue weighted by Crippen LogP contribution is -2.10. The Balaban J connectivity index is 1.73. The molecule has 2 rings (SSSR count). The van der Waals surface area contributed by atoms with E-state index in [0.29, 0.717) is 12.2 Å². The van der Waals surface area contributed by atoms with Crippen LogP contribution in [0.1, 0.15) is 58.3 Å². The molecule has 1 aliphatic heterocycles. The van der Waals surface area contributed by atoms with Gasteiger partial charge in [0.25, 0.3) is 0 Å². The Morgan fingerprint density at radius 3 is 2.81 bits per heavy atom. The molecule has 2 aliphatic rings. The largest absolute Gasteiger partial charge is 0.469 e. The highest BCUT2D eigenvalue weighted by Gasteiger charge is 2.49. The Labute approximate surface area is 126 Å². The van der Waals surface area contributed by atoms with Crippen molar-refractivity contribution < 1.29 is 19.1 Å². The van der Waals surface area contributed by atoms with Crippen molar-refractivity contribution >= 4 is 11.8 Å². The van der Waals surface area contributed by atoms with Crippen molar-refractivity contribution in [1.82, 2.24) is 0 Å². The molecule has 0 aromatic rings. The molecule has 4 nitrogen and oxygen atoms in total. The number of ketones is 1. The molecule has 0 bridgehead atoms. The van der Waals surface area contributed by atoms with E-state index >= 15 is 0 Å². The number of rotatable bonds is 9. The van der Waals surface area contributed by atoms with Gasteiger partial charge >= 0.3 is 5.97 Å². The van der Waals surface area contributed by atoms with E-state index in [2.05, 4.69) is 17.7 Å². The van der Waals surface area contributed by atoms with Crippen LogP contribution in [0.3, 0.4) is 0 Å². The molecule has 0 fully saturated rings. The highest BCUT2D eigenvalue weighted by atomic mass is 16.6. The summed E-state index contributed by atoms with van der Waals surface area (Å²) in [5.41, 5.74) is 0.938. The fourth-order valence-electron chi connectivity index (χ4n) is 2.78. The highest BCUT2D eigenvalue weighted by Crippen LogP contribution is 2.48. The van der Waals surface area contributed by atoms with E-state index in [-0.39, 0.29) is 17.7 Å². The van der Waals surface area contributed by atoms with Gasteiger partial charge in [-0.15, -0.1) is 0 Å². The van der Waals surface area contributed by atoms with Crippen molar-refractivity contribution in [3.63, 3.8) is 0 Å². The number of carbonyl (C=O) groups excluding carboxylic acids is 2. The molecule has 0 aromatic carbocycles. The summed E-state index contributed by atoms with van der Waals surface area (Å²) in [7, 11) is 1.41. The summed E-state index contributed by atoms with van der Waals surface area (Å²) in [6.45, 7) is 2.16. The maximum Gasteiger partial charge on any atom is 0.305 e. The van der Waals surface area contributed by atoms with Crippen molar-refractivity contribution in [2.45, 2.75) is 58.3 Å². The number of methoxy groups -OCH3 is 1. The monoisotopic (exact) mass is 292 g/mol. The summed E-state index contributed by atoms with van der Waals surface area (Å²) in [5.74, 6) is 1.69. The Morgan fingerprint density at radius 1 is 1.29 bits per heavy atom. The van der Waals surface area contributed by atoms with Gasteiger partial charge in [-0.3, -0.25) is 9.59 Å². The summed E-state index contributed by atoms with van der Waals surface area (Å²) in [6, 6.07) is 0. The lowest BCUT2D eigenvalue weighted by Gasteiger charge is -2.13. The topological polar surface area (TPSA) is 55.9 Å². The van der Waals surface area contributed by atoms with E-state index in [4.69, 9.17) is 4.74 Å². The quantitative estimate of drug-likeness (QED) is 0.369. The predicted molar refractivity (Wildman–Crippen MR) is 79.3 cm³/mol. The lowest BCUT2D eigenvalue weighted by atomic mass is 9.93. The van der Waals surface area contributed by atoms with Gasteiger partial charge in [0.15, 0.2) is 5.76 Å². The van der Waals surface area contributed by atoms with E-state index < -0.39 is 0 Å². The number of allylic oxidation sites excluding steroid dienone is 3. The third-order valence-electron chi connectivity index (χ3n) is 4.08. The van der Waals surface area contributed by atoms with Crippen molar-refractivity contribution in [2.24, 2.45) is 5.92 Å². The Morgan fingerprint density at radius 2 is 2.10 bits per heavy atom. The van der Waals surface area contributed by atoms with E-state index in [1.807, 2.05) is 0 Å². The molecule has 1 heterocycles. The number of ether oxygens (including phenoxy) is 2. The highest BCUT2D eigenvalue weighted by molar-refractivity contribution is 6.13. The van der Waals surface area contributed by atoms with Crippen LogP contribution in [0.2, 0.25) is 0 Å². The van der Waals surface area contributed by atoms with Crippen LogP contribution in [0.5, 0.6) is 0 Å². The second-order valence-corrected chi connectivity index (χ2v) is 5.65. The standard InChI is InChI=1S/C17H24O4/c1-3-4-9-13-12(15(19)17-16(13)21-17)10-7-5-6-8-11-14(18)20-2/h10,13H,3-9,11H2,1-2H3. The molecule has 4 heteroatoms. The van der Waals surface area contributed by atoms with Gasteiger partial charge in [0.1, 0.15) is 0 Å². The van der Waals surface area contributed by atoms with Gasteiger partial charge in [-0.1, -0.05) is 32.3 Å². The summed E-state index contributed by atoms with van der Waals surface area (Å²) >= 11 is 0. The van der Waals surface area contributed by atoms with Crippen LogP contribution >= 0.6 is 0 Å². The summed E-state index contributed by atoms with van der Waals surface area (Å²) in [5, 5.41) is 0. The minimum absolute atomic E-state index is 0.0978. The van der Waals surface area contributed by atoms with Gasteiger partial charge in [0, 0.05) is 17.9 Å². The Hall–Kier alpha value is -1.58. The van der Waals surface area contributed by atoms with Gasteiger partial charge in [0.05, 0.1) is 7.11 Å². The van der Waals surface area contributed by atoms with Crippen molar-refractivity contribution in [3.05, 3.63) is 23.2 Å². The first-order valence-corrected chi connectivity index (χ1v) is 7.92. The van der Waals surface area contributed by atoms with Crippen LogP contribution in [-0.2, 0) is 19.1 Å². The van der Waals surface area contributed by atoms with Crippen molar-refractivity contribution in [1.29, 1.82) is 0 Å². The summed E-state index contributed by atoms with van der Waals surface area (Å²) in [6.07, 6.45) is 9.55. The van der Waals surface area contributed by atoms with Gasteiger partial charge in [-0.05, 0) is 25.7 Å². The molecule has 0 aromatic heterocycles. The van der Waals surface area contributed by atoms with Gasteiger partial charge in [-0.25, -0.2) is 0 Å². The fourth-order valence-corrected chi connectivity index (χ4v) is 2.78. The van der Waals surface area contributed by atoms with E-state index in [9.17, 15) is 9.59 Å². The van der Waals surface area contributed by atoms with E-state index in [1.165, 1.54) is 7.11 Å². The van der Waals surface area contributed by atoms with Crippen LogP contribution < -0.4 is 0 Å². The van der Waals surface area contributed by atoms with E-state index in [0.717, 1.165) is 56.3 Å². The average Bonchev–Trinajstić information content (AvgIpc) is 3.23. The van der Waals surface area contributed by atoms with Crippen LogP contribution in [0, 0.1) is 5.92 Å². The van der Waals surface area contributed by atoms with Crippen LogP contribution in [0.25, 0.3) is 0 Å². The van der Waals surface area contributed by atoms with Crippen LogP contribution in [-0.4, -0.2) is 18.9 Å². The summed E-state index contributed by atoms with van der Waals surface area (Å²) < 4.78 is 9.89. The Bertz CT molecular complexity index is 473. The first-order valence-electron chi connectivity index (χ1n) is 7.92. The molecule has 0 saturated heterocycles. The van der Waals surface area contributed by atoms with Gasteiger partial charge < -0.3 is 9.47 Å². The SMILES string of the molecule is CCCCC1C(=CCCCCCC(=O)OC)C(=O)C2=C1O2. The molecule has 0 amide bonds. The average molecular weight is 292 g/mol. The van der Waals surface area contributed by atoms with Gasteiger partial charge in [-0.2, -0.15) is 0 Å². The third-order valence-corrected chi connectivity index (χ3v) is 4.08. The molecular weight excluding hydrogens is 268 g/mol. The van der Waals surface area contributed by atoms with E-state index in [1.54, 1.807) is 0 Å². The fraction of sp³-hybridized carbons (Fsp3) is 0.647. The second-order valence-electron chi connectivity index (χ2n) is 5.65. The zero-order valence-electron chi connectivity index (χ0n) is 12.9. The molecule has 0 saturated carbocycles. The molecular formula is C17H24O4. The number of carbonyl (C=O) groups is 2. The van der Waals surface area contributed by atoms with Crippen molar-refractivity contribution in [2.75, 3.05) is 7.11 Å². The number of unbranched alkanes of at least 4 members (excludes halogenated alkanes) is 4. The zero-order valence-corrected chi connectivity index (χ0v) is 12.9. The minimum Gasteiger partial charge on any atom is -0.469 e. The molecule has 0 N–H and O–H groups in total. The molecule has 0 radical (unpaired) electrons. The molecule has 1 aliphatic carbocycles. The van der Waals surface area contributed by atoms with Crippen LogP contribution in [0.15, 0.2) is 23.2 Å². The maximum atomic E-state index is 12.1. The zero-order chi connectivity index (χ0) is 15.2. The van der Waals surface area contributed by atoms with Gasteiger partial charge in [0.2, 0.25) is 11.5 Å². The molecule has 1 atom stereocenters. The normalized spacial score (nSPS) is 21.5. The lowest BCUT2D eigenvalue weighted by molar-refractivity contribution is -0.140.